The van der Waals surface area contributed by atoms with Crippen LogP contribution in [0.15, 0.2) is 30.6 Å². The minimum atomic E-state index is -0.693. The summed E-state index contributed by atoms with van der Waals surface area (Å²) in [7, 11) is 1.73. The van der Waals surface area contributed by atoms with Crippen molar-refractivity contribution in [2.45, 2.75) is 18.9 Å². The van der Waals surface area contributed by atoms with Crippen LogP contribution in [-0.4, -0.2) is 51.3 Å². The highest BCUT2D eigenvalue weighted by Crippen LogP contribution is 2.19. The number of rotatable bonds is 3. The van der Waals surface area contributed by atoms with Crippen LogP contribution in [0.2, 0.25) is 0 Å². The zero-order chi connectivity index (χ0) is 18.0. The van der Waals surface area contributed by atoms with E-state index in [2.05, 4.69) is 10.4 Å². The fourth-order valence-electron chi connectivity index (χ4n) is 2.80. The van der Waals surface area contributed by atoms with Gasteiger partial charge in [-0.05, 0) is 36.8 Å². The van der Waals surface area contributed by atoms with E-state index in [4.69, 9.17) is 11.8 Å². The molecule has 0 radical (unpaired) electrons. The van der Waals surface area contributed by atoms with Gasteiger partial charge in [0.1, 0.15) is 11.6 Å². The molecule has 1 aliphatic rings. The van der Waals surface area contributed by atoms with Crippen LogP contribution in [0.25, 0.3) is 5.69 Å². The van der Waals surface area contributed by atoms with Gasteiger partial charge in [0, 0.05) is 32.2 Å². The summed E-state index contributed by atoms with van der Waals surface area (Å²) >= 11 is 5.93. The van der Waals surface area contributed by atoms with Gasteiger partial charge in [-0.1, -0.05) is 0 Å². The van der Waals surface area contributed by atoms with E-state index in [1.807, 2.05) is 0 Å². The molecule has 0 aliphatic carbocycles. The van der Waals surface area contributed by atoms with Crippen molar-refractivity contribution < 1.29 is 13.6 Å². The summed E-state index contributed by atoms with van der Waals surface area (Å²) in [5, 5.41) is 6.77. The van der Waals surface area contributed by atoms with Crippen molar-refractivity contribution in [1.29, 1.82) is 0 Å². The lowest BCUT2D eigenvalue weighted by Crippen LogP contribution is -2.45. The number of urea groups is 1. The Labute approximate surface area is 149 Å². The second-order valence-electron chi connectivity index (χ2n) is 5.98. The number of anilines is 1. The number of hydrogen-bond acceptors (Lipinski definition) is 3. The van der Waals surface area contributed by atoms with Crippen molar-refractivity contribution in [3.8, 4) is 5.69 Å². The van der Waals surface area contributed by atoms with Gasteiger partial charge in [0.2, 0.25) is 0 Å². The van der Waals surface area contributed by atoms with Gasteiger partial charge < -0.3 is 10.2 Å². The van der Waals surface area contributed by atoms with Crippen LogP contribution in [0, 0.1) is 11.6 Å². The Hall–Kier alpha value is -2.19. The SMILES string of the molecule is CN(C(=O)Nc1cnn(-c2cc(F)cc(F)c2)c1)C1CCN(Cl)CC1. The van der Waals surface area contributed by atoms with Gasteiger partial charge in [-0.3, -0.25) is 0 Å². The highest BCUT2D eigenvalue weighted by molar-refractivity contribution is 6.13. The Bertz CT molecular complexity index is 740. The Balaban J connectivity index is 1.65. The molecule has 1 saturated heterocycles. The smallest absolute Gasteiger partial charge is 0.321 e. The van der Waals surface area contributed by atoms with E-state index in [1.54, 1.807) is 16.4 Å². The normalized spacial score (nSPS) is 16.0. The molecule has 6 nitrogen and oxygen atoms in total. The van der Waals surface area contributed by atoms with Crippen LogP contribution in [0.1, 0.15) is 12.8 Å². The molecule has 1 N–H and O–H groups in total. The third kappa shape index (κ3) is 4.26. The van der Waals surface area contributed by atoms with Gasteiger partial charge in [0.15, 0.2) is 0 Å². The average Bonchev–Trinajstić information content (AvgIpc) is 3.02. The predicted molar refractivity (Wildman–Crippen MR) is 90.7 cm³/mol. The number of benzene rings is 1. The fourth-order valence-corrected chi connectivity index (χ4v) is 2.99. The summed E-state index contributed by atoms with van der Waals surface area (Å²) in [5.74, 6) is -1.39. The molecule has 3 rings (SSSR count). The second kappa shape index (κ2) is 7.37. The molecule has 25 heavy (non-hydrogen) atoms. The first-order valence-electron chi connectivity index (χ1n) is 7.88. The van der Waals surface area contributed by atoms with E-state index in [1.165, 1.54) is 17.1 Å². The van der Waals surface area contributed by atoms with E-state index in [0.29, 0.717) is 5.69 Å². The number of piperidine rings is 1. The van der Waals surface area contributed by atoms with Crippen LogP contribution in [0.5, 0.6) is 0 Å². The van der Waals surface area contributed by atoms with E-state index in [9.17, 15) is 13.6 Å². The molecule has 0 spiro atoms. The quantitative estimate of drug-likeness (QED) is 0.845. The summed E-state index contributed by atoms with van der Waals surface area (Å²) < 4.78 is 29.6. The number of amides is 2. The van der Waals surface area contributed by atoms with E-state index in [0.717, 1.165) is 44.1 Å². The maximum Gasteiger partial charge on any atom is 0.321 e. The van der Waals surface area contributed by atoms with Crippen molar-refractivity contribution in [3.63, 3.8) is 0 Å². The first-order chi connectivity index (χ1) is 11.9. The molecule has 0 unspecified atom stereocenters. The third-order valence-corrected chi connectivity index (χ3v) is 4.56. The Morgan fingerprint density at radius 1 is 1.28 bits per heavy atom. The number of halogens is 3. The van der Waals surface area contributed by atoms with Crippen LogP contribution < -0.4 is 5.32 Å². The maximum atomic E-state index is 13.3. The standard InChI is InChI=1S/C16H18ClF2N5O/c1-22(14-2-4-23(17)5-3-14)16(25)21-13-9-20-24(10-13)15-7-11(18)6-12(19)8-15/h6-10,14H,2-5H2,1H3,(H,21,25). The summed E-state index contributed by atoms with van der Waals surface area (Å²) in [4.78, 5) is 14.0. The Morgan fingerprint density at radius 3 is 2.56 bits per heavy atom. The zero-order valence-electron chi connectivity index (χ0n) is 13.6. The lowest BCUT2D eigenvalue weighted by molar-refractivity contribution is 0.175. The van der Waals surface area contributed by atoms with Gasteiger partial charge in [-0.15, -0.1) is 0 Å². The van der Waals surface area contributed by atoms with Crippen molar-refractivity contribution in [1.82, 2.24) is 19.1 Å². The van der Waals surface area contributed by atoms with Crippen molar-refractivity contribution in [3.05, 3.63) is 42.2 Å². The molecule has 0 bridgehead atoms. The van der Waals surface area contributed by atoms with Crippen LogP contribution in [-0.2, 0) is 0 Å². The first kappa shape index (κ1) is 17.6. The monoisotopic (exact) mass is 369 g/mol. The molecular formula is C16H18ClF2N5O. The molecule has 1 fully saturated rings. The van der Waals surface area contributed by atoms with E-state index >= 15 is 0 Å². The molecule has 134 valence electrons. The topological polar surface area (TPSA) is 53.4 Å². The second-order valence-corrected chi connectivity index (χ2v) is 6.46. The number of carbonyl (C=O) groups is 1. The zero-order valence-corrected chi connectivity index (χ0v) is 14.4. The summed E-state index contributed by atoms with van der Waals surface area (Å²) in [5.41, 5.74) is 0.678. The van der Waals surface area contributed by atoms with Crippen LogP contribution in [0.3, 0.4) is 0 Å². The number of nitrogens with one attached hydrogen (secondary N) is 1. The maximum absolute atomic E-state index is 13.3. The highest BCUT2D eigenvalue weighted by Gasteiger charge is 2.25. The van der Waals surface area contributed by atoms with Crippen molar-refractivity contribution >= 4 is 23.5 Å². The number of hydrogen-bond donors (Lipinski definition) is 1. The average molecular weight is 370 g/mol. The third-order valence-electron chi connectivity index (χ3n) is 4.22. The highest BCUT2D eigenvalue weighted by atomic mass is 35.5. The molecule has 2 aromatic rings. The van der Waals surface area contributed by atoms with Gasteiger partial charge in [0.25, 0.3) is 0 Å². The van der Waals surface area contributed by atoms with Gasteiger partial charge in [-0.25, -0.2) is 22.7 Å². The molecule has 0 saturated carbocycles. The molecule has 2 amide bonds. The van der Waals surface area contributed by atoms with Crippen LogP contribution in [0.4, 0.5) is 19.3 Å². The molecule has 1 aromatic carbocycles. The predicted octanol–water partition coefficient (Wildman–Crippen LogP) is 3.23. The summed E-state index contributed by atoms with van der Waals surface area (Å²) in [6.45, 7) is 1.46. The summed E-state index contributed by atoms with van der Waals surface area (Å²) in [6.07, 6.45) is 4.53. The minimum Gasteiger partial charge on any atom is -0.325 e. The molecule has 1 aliphatic heterocycles. The van der Waals surface area contributed by atoms with Gasteiger partial charge in [-0.2, -0.15) is 5.10 Å². The number of nitrogens with zero attached hydrogens (tertiary/aromatic N) is 4. The lowest BCUT2D eigenvalue weighted by atomic mass is 10.1. The van der Waals surface area contributed by atoms with Gasteiger partial charge in [0.05, 0.1) is 23.8 Å². The van der Waals surface area contributed by atoms with Crippen molar-refractivity contribution in [2.24, 2.45) is 0 Å². The van der Waals surface area contributed by atoms with E-state index < -0.39 is 11.6 Å². The lowest BCUT2D eigenvalue weighted by Gasteiger charge is -2.33. The Kier molecular flexibility index (Phi) is 5.19. The van der Waals surface area contributed by atoms with Crippen LogP contribution >= 0.6 is 11.8 Å². The molecule has 0 atom stereocenters. The molecule has 2 heterocycles. The molecule has 9 heteroatoms. The molecular weight excluding hydrogens is 352 g/mol. The largest absolute Gasteiger partial charge is 0.325 e. The number of carbonyl (C=O) groups excluding carboxylic acids is 1. The van der Waals surface area contributed by atoms with E-state index in [-0.39, 0.29) is 17.8 Å². The minimum absolute atomic E-state index is 0.113. The fraction of sp³-hybridized carbons (Fsp3) is 0.375. The summed E-state index contributed by atoms with van der Waals surface area (Å²) in [6, 6.07) is 2.96. The molecule has 1 aromatic heterocycles. The van der Waals surface area contributed by atoms with Gasteiger partial charge >= 0.3 is 6.03 Å². The number of aromatic nitrogens is 2. The van der Waals surface area contributed by atoms with Crippen molar-refractivity contribution in [2.75, 3.05) is 25.5 Å². The Morgan fingerprint density at radius 2 is 1.92 bits per heavy atom. The first-order valence-corrected chi connectivity index (χ1v) is 8.22.